The Bertz CT molecular complexity index is 1610. The molecule has 9 nitrogen and oxygen atoms in total. The second kappa shape index (κ2) is 11.8. The number of nitrogens with one attached hydrogen (secondary N) is 2. The molecule has 0 spiro atoms. The highest BCUT2D eigenvalue weighted by molar-refractivity contribution is 6.18. The molecule has 40 heavy (non-hydrogen) atoms. The summed E-state index contributed by atoms with van der Waals surface area (Å²) in [5.74, 6) is -0.428. The summed E-state index contributed by atoms with van der Waals surface area (Å²) in [4.78, 5) is 39.5. The quantitative estimate of drug-likeness (QED) is 0.175. The number of anilines is 1. The molecule has 2 aromatic carbocycles. The minimum absolute atomic E-state index is 0.0999. The number of para-hydroxylation sites is 1. The first-order chi connectivity index (χ1) is 19.5. The van der Waals surface area contributed by atoms with E-state index in [0.717, 1.165) is 25.7 Å². The number of ether oxygens (including phenoxy) is 1. The lowest BCUT2D eigenvalue weighted by Crippen LogP contribution is -2.44. The Labute approximate surface area is 230 Å². The normalized spacial score (nSPS) is 15.2. The Morgan fingerprint density at radius 1 is 1.12 bits per heavy atom. The maximum atomic E-state index is 15.1. The maximum Gasteiger partial charge on any atom is 0.264 e. The van der Waals surface area contributed by atoms with Crippen molar-refractivity contribution in [2.75, 3.05) is 18.4 Å². The number of carbonyl (C=O) groups is 2. The molecule has 0 bridgehead atoms. The molecule has 3 heterocycles. The molecule has 0 saturated carbocycles. The van der Waals surface area contributed by atoms with Gasteiger partial charge < -0.3 is 19.9 Å². The van der Waals surface area contributed by atoms with Crippen LogP contribution in [0.25, 0.3) is 11.0 Å². The summed E-state index contributed by atoms with van der Waals surface area (Å²) in [6.07, 6.45) is 6.35. The highest BCUT2D eigenvalue weighted by atomic mass is 19.1. The zero-order chi connectivity index (χ0) is 28.1. The van der Waals surface area contributed by atoms with Crippen LogP contribution in [-0.4, -0.2) is 50.7 Å². The zero-order valence-corrected chi connectivity index (χ0v) is 21.7. The molecule has 10 heteroatoms. The number of hydrogen-bond acceptors (Lipinski definition) is 7. The number of H-pyrrole nitrogens is 1. The van der Waals surface area contributed by atoms with Crippen molar-refractivity contribution in [1.82, 2.24) is 19.9 Å². The van der Waals surface area contributed by atoms with Crippen molar-refractivity contribution in [2.24, 2.45) is 0 Å². The van der Waals surface area contributed by atoms with E-state index in [-0.39, 0.29) is 34.4 Å². The van der Waals surface area contributed by atoms with Crippen LogP contribution in [0, 0.1) is 17.1 Å². The van der Waals surface area contributed by atoms with Crippen LogP contribution in [0.15, 0.2) is 73.2 Å². The first-order valence-electron chi connectivity index (χ1n) is 13.0. The van der Waals surface area contributed by atoms with Gasteiger partial charge in [-0.25, -0.2) is 14.4 Å². The van der Waals surface area contributed by atoms with Crippen LogP contribution in [0.4, 0.5) is 10.2 Å². The second-order valence-corrected chi connectivity index (χ2v) is 9.51. The summed E-state index contributed by atoms with van der Waals surface area (Å²) < 4.78 is 20.8. The fourth-order valence-corrected chi connectivity index (χ4v) is 4.88. The highest BCUT2D eigenvalue weighted by Crippen LogP contribution is 2.29. The third-order valence-electron chi connectivity index (χ3n) is 6.91. The number of ketones is 1. The number of hydrogen-bond donors (Lipinski definition) is 2. The Morgan fingerprint density at radius 2 is 1.95 bits per heavy atom. The molecular formula is C30H27FN6O3. The van der Waals surface area contributed by atoms with Crippen molar-refractivity contribution in [3.63, 3.8) is 0 Å². The van der Waals surface area contributed by atoms with E-state index >= 15 is 4.39 Å². The first-order valence-corrected chi connectivity index (χ1v) is 13.0. The second-order valence-electron chi connectivity index (χ2n) is 9.51. The number of halogens is 1. The lowest BCUT2D eigenvalue weighted by Gasteiger charge is -2.30. The summed E-state index contributed by atoms with van der Waals surface area (Å²) in [5, 5.41) is 12.9. The molecule has 202 valence electrons. The first kappa shape index (κ1) is 26.6. The van der Waals surface area contributed by atoms with Gasteiger partial charge in [0.1, 0.15) is 46.8 Å². The topological polar surface area (TPSA) is 124 Å². The molecular weight excluding hydrogens is 511 g/mol. The van der Waals surface area contributed by atoms with Gasteiger partial charge in [-0.15, -0.1) is 0 Å². The molecule has 1 fully saturated rings. The summed E-state index contributed by atoms with van der Waals surface area (Å²) in [6, 6.07) is 14.7. The van der Waals surface area contributed by atoms with Crippen LogP contribution < -0.4 is 10.1 Å². The third-order valence-corrected chi connectivity index (χ3v) is 6.91. The van der Waals surface area contributed by atoms with Gasteiger partial charge in [-0.3, -0.25) is 9.59 Å². The monoisotopic (exact) mass is 538 g/mol. The van der Waals surface area contributed by atoms with Gasteiger partial charge in [-0.1, -0.05) is 37.6 Å². The summed E-state index contributed by atoms with van der Waals surface area (Å²) in [7, 11) is 0. The zero-order valence-electron chi connectivity index (χ0n) is 21.7. The molecule has 1 saturated heterocycles. The van der Waals surface area contributed by atoms with E-state index in [4.69, 9.17) is 4.74 Å². The van der Waals surface area contributed by atoms with Crippen LogP contribution in [0.1, 0.15) is 41.6 Å². The Hall–Kier alpha value is -5.04. The third kappa shape index (κ3) is 5.54. The molecule has 4 aromatic rings. The summed E-state index contributed by atoms with van der Waals surface area (Å²) in [6.45, 7) is 4.46. The molecule has 0 aliphatic carbocycles. The minimum atomic E-state index is -0.718. The standard InChI is InChI=1S/C30H27FN6O3/c1-19(15-32)30(39)37-13-7-3-4-8-20(37)16-33-28-26-24(17-34-29(26)36-18-35-28)27(38)23-12-11-22(14-25(23)31)40-21-9-5-2-6-10-21/h2,5-6,9-12,14,17-18,20H,1,3-4,7-8,13,16H2,(H2,33,34,35,36). The van der Waals surface area contributed by atoms with Crippen LogP contribution in [-0.2, 0) is 4.79 Å². The molecule has 1 amide bonds. The number of rotatable bonds is 8. The smallest absolute Gasteiger partial charge is 0.264 e. The van der Waals surface area contributed by atoms with E-state index in [1.54, 1.807) is 23.1 Å². The average Bonchev–Trinajstić information content (AvgIpc) is 3.27. The predicted octanol–water partition coefficient (Wildman–Crippen LogP) is 5.38. The van der Waals surface area contributed by atoms with Gasteiger partial charge in [-0.05, 0) is 37.1 Å². The minimum Gasteiger partial charge on any atom is -0.457 e. The van der Waals surface area contributed by atoms with Crippen molar-refractivity contribution < 1.29 is 18.7 Å². The van der Waals surface area contributed by atoms with Gasteiger partial charge in [0.2, 0.25) is 0 Å². The molecule has 1 unspecified atom stereocenters. The number of fused-ring (bicyclic) bond motifs is 1. The van der Waals surface area contributed by atoms with Crippen LogP contribution >= 0.6 is 0 Å². The average molecular weight is 539 g/mol. The van der Waals surface area contributed by atoms with E-state index in [2.05, 4.69) is 26.8 Å². The van der Waals surface area contributed by atoms with E-state index in [1.807, 2.05) is 24.3 Å². The van der Waals surface area contributed by atoms with Crippen LogP contribution in [0.5, 0.6) is 11.5 Å². The molecule has 1 aliphatic rings. The molecule has 2 N–H and O–H groups in total. The highest BCUT2D eigenvalue weighted by Gasteiger charge is 2.28. The number of aromatic amines is 1. The molecule has 2 aromatic heterocycles. The van der Waals surface area contributed by atoms with E-state index in [0.29, 0.717) is 35.7 Å². The number of carbonyl (C=O) groups excluding carboxylic acids is 2. The number of likely N-dealkylation sites (tertiary alicyclic amines) is 1. The van der Waals surface area contributed by atoms with Crippen molar-refractivity contribution in [3.05, 3.63) is 90.2 Å². The number of nitrogens with zero attached hydrogens (tertiary/aromatic N) is 4. The van der Waals surface area contributed by atoms with Gasteiger partial charge in [0.15, 0.2) is 5.78 Å². The van der Waals surface area contributed by atoms with Gasteiger partial charge in [-0.2, -0.15) is 5.26 Å². The summed E-state index contributed by atoms with van der Waals surface area (Å²) >= 11 is 0. The van der Waals surface area contributed by atoms with Gasteiger partial charge in [0.05, 0.1) is 16.5 Å². The van der Waals surface area contributed by atoms with Gasteiger partial charge in [0.25, 0.3) is 5.91 Å². The number of amides is 1. The molecule has 1 atom stereocenters. The Morgan fingerprint density at radius 3 is 2.73 bits per heavy atom. The van der Waals surface area contributed by atoms with E-state index in [9.17, 15) is 14.9 Å². The maximum absolute atomic E-state index is 15.1. The number of aromatic nitrogens is 3. The van der Waals surface area contributed by atoms with Crippen molar-refractivity contribution in [1.29, 1.82) is 5.26 Å². The SMILES string of the molecule is C=C(C#N)C(=O)N1CCCCCC1CNc1ncnc2[nH]cc(C(=O)c3ccc(Oc4ccccc4)cc3F)c12. The van der Waals surface area contributed by atoms with E-state index < -0.39 is 11.6 Å². The molecule has 5 rings (SSSR count). The lowest BCUT2D eigenvalue weighted by atomic mass is 10.0. The largest absolute Gasteiger partial charge is 0.457 e. The fraction of sp³-hybridized carbons (Fsp3) is 0.233. The van der Waals surface area contributed by atoms with E-state index in [1.165, 1.54) is 24.7 Å². The van der Waals surface area contributed by atoms with Crippen LogP contribution in [0.2, 0.25) is 0 Å². The van der Waals surface area contributed by atoms with Crippen molar-refractivity contribution in [3.8, 4) is 17.6 Å². The van der Waals surface area contributed by atoms with Gasteiger partial charge >= 0.3 is 0 Å². The molecule has 0 radical (unpaired) electrons. The van der Waals surface area contributed by atoms with Gasteiger partial charge in [0, 0.05) is 31.4 Å². The molecule has 1 aliphatic heterocycles. The fourth-order valence-electron chi connectivity index (χ4n) is 4.88. The Balaban J connectivity index is 1.39. The predicted molar refractivity (Wildman–Crippen MR) is 147 cm³/mol. The lowest BCUT2D eigenvalue weighted by molar-refractivity contribution is -0.128. The number of benzene rings is 2. The Kier molecular flexibility index (Phi) is 7.82. The van der Waals surface area contributed by atoms with Crippen LogP contribution in [0.3, 0.4) is 0 Å². The summed E-state index contributed by atoms with van der Waals surface area (Å²) in [5.41, 5.74) is 0.404. The van der Waals surface area contributed by atoms with Crippen molar-refractivity contribution >= 4 is 28.5 Å². The number of nitriles is 1. The van der Waals surface area contributed by atoms with Crippen molar-refractivity contribution in [2.45, 2.75) is 31.7 Å².